The Balaban J connectivity index is 1.40. The second kappa shape index (κ2) is 8.53. The second-order valence-electron chi connectivity index (χ2n) is 7.54. The number of amides is 2. The first-order chi connectivity index (χ1) is 14.1. The average Bonchev–Trinajstić information content (AvgIpc) is 3.19. The zero-order chi connectivity index (χ0) is 20.2. The van der Waals surface area contributed by atoms with Crippen LogP contribution in [0.15, 0.2) is 42.5 Å². The number of ether oxygens (including phenoxy) is 2. The third-order valence-corrected chi connectivity index (χ3v) is 5.39. The van der Waals surface area contributed by atoms with Crippen LogP contribution < -0.4 is 25.8 Å². The van der Waals surface area contributed by atoms with Gasteiger partial charge in [-0.2, -0.15) is 0 Å². The maximum absolute atomic E-state index is 12.7. The molecule has 0 unspecified atom stereocenters. The monoisotopic (exact) mass is 395 g/mol. The van der Waals surface area contributed by atoms with Crippen molar-refractivity contribution >= 4 is 17.5 Å². The molecule has 1 saturated carbocycles. The van der Waals surface area contributed by atoms with E-state index < -0.39 is 0 Å². The molecule has 1 fully saturated rings. The third-order valence-electron chi connectivity index (χ3n) is 5.39. The summed E-state index contributed by atoms with van der Waals surface area (Å²) in [6.07, 6.45) is 3.91. The van der Waals surface area contributed by atoms with Gasteiger partial charge in [-0.15, -0.1) is 0 Å². The van der Waals surface area contributed by atoms with Gasteiger partial charge < -0.3 is 25.8 Å². The van der Waals surface area contributed by atoms with Crippen molar-refractivity contribution in [2.45, 2.75) is 44.2 Å². The van der Waals surface area contributed by atoms with Gasteiger partial charge in [0.25, 0.3) is 5.91 Å². The zero-order valence-corrected chi connectivity index (χ0v) is 16.1. The van der Waals surface area contributed by atoms with Crippen LogP contribution in [0.4, 0.5) is 5.69 Å². The van der Waals surface area contributed by atoms with Gasteiger partial charge in [0.2, 0.25) is 12.7 Å². The molecule has 2 aromatic rings. The summed E-state index contributed by atoms with van der Waals surface area (Å²) >= 11 is 0. The van der Waals surface area contributed by atoms with Crippen LogP contribution in [-0.2, 0) is 11.2 Å². The summed E-state index contributed by atoms with van der Waals surface area (Å²) in [5, 5.41) is 5.99. The second-order valence-corrected chi connectivity index (χ2v) is 7.54. The Morgan fingerprint density at radius 3 is 2.59 bits per heavy atom. The number of hydrogen-bond donors (Lipinski definition) is 3. The Kier molecular flexibility index (Phi) is 5.67. The molecule has 1 aliphatic heterocycles. The molecule has 0 aromatic heterocycles. The summed E-state index contributed by atoms with van der Waals surface area (Å²) in [4.78, 5) is 25.2. The fourth-order valence-corrected chi connectivity index (χ4v) is 3.74. The number of carbonyl (C=O) groups excluding carboxylic acids is 2. The Morgan fingerprint density at radius 2 is 1.76 bits per heavy atom. The number of nitrogens with two attached hydrogens (primary N) is 1. The van der Waals surface area contributed by atoms with E-state index in [1.54, 1.807) is 24.3 Å². The molecule has 0 spiro atoms. The Bertz CT molecular complexity index is 907. The van der Waals surface area contributed by atoms with E-state index in [9.17, 15) is 9.59 Å². The van der Waals surface area contributed by atoms with Gasteiger partial charge in [-0.3, -0.25) is 9.59 Å². The first kappa shape index (κ1) is 19.3. The highest BCUT2D eigenvalue weighted by molar-refractivity contribution is 6.05. The highest BCUT2D eigenvalue weighted by Gasteiger charge is 2.21. The lowest BCUT2D eigenvalue weighted by molar-refractivity contribution is -0.121. The number of rotatable bonds is 5. The van der Waals surface area contributed by atoms with Crippen LogP contribution >= 0.6 is 0 Å². The number of nitrogens with one attached hydrogen (secondary N) is 2. The van der Waals surface area contributed by atoms with Crippen LogP contribution in [0.1, 0.15) is 41.6 Å². The van der Waals surface area contributed by atoms with E-state index in [1.165, 1.54) is 0 Å². The predicted octanol–water partition coefficient (Wildman–Crippen LogP) is 2.60. The van der Waals surface area contributed by atoms with E-state index >= 15 is 0 Å². The first-order valence-corrected chi connectivity index (χ1v) is 9.92. The van der Waals surface area contributed by atoms with Crippen LogP contribution in [0.3, 0.4) is 0 Å². The third kappa shape index (κ3) is 4.68. The Hall–Kier alpha value is -3.06. The molecule has 0 atom stereocenters. The molecule has 7 nitrogen and oxygen atoms in total. The number of fused-ring (bicyclic) bond motifs is 1. The number of anilines is 1. The zero-order valence-electron chi connectivity index (χ0n) is 16.1. The molecular formula is C22H25N3O4. The molecule has 2 aliphatic rings. The number of carbonyl (C=O) groups is 2. The summed E-state index contributed by atoms with van der Waals surface area (Å²) in [5.41, 5.74) is 7.78. The van der Waals surface area contributed by atoms with Crippen molar-refractivity contribution in [2.75, 3.05) is 12.1 Å². The van der Waals surface area contributed by atoms with Crippen molar-refractivity contribution in [2.24, 2.45) is 5.73 Å². The van der Waals surface area contributed by atoms with E-state index in [1.807, 2.05) is 18.2 Å². The molecule has 2 amide bonds. The van der Waals surface area contributed by atoms with Crippen LogP contribution in [0.5, 0.6) is 11.5 Å². The number of benzene rings is 2. The average molecular weight is 395 g/mol. The quantitative estimate of drug-likeness (QED) is 0.722. The first-order valence-electron chi connectivity index (χ1n) is 9.92. The standard InChI is InChI=1S/C22H25N3O4/c23-16-6-8-17(9-7-16)24-21(26)12-14-3-1-2-4-18(14)25-22(27)15-5-10-19-20(11-15)29-13-28-19/h1-5,10-11,16-17H,6-9,12-13,23H2,(H,24,26)(H,25,27). The molecule has 0 bridgehead atoms. The molecule has 4 rings (SSSR count). The highest BCUT2D eigenvalue weighted by Crippen LogP contribution is 2.32. The molecule has 29 heavy (non-hydrogen) atoms. The minimum atomic E-state index is -0.266. The SMILES string of the molecule is NC1CCC(NC(=O)Cc2ccccc2NC(=O)c2ccc3c(c2)OCO3)CC1. The van der Waals surface area contributed by atoms with E-state index in [0.29, 0.717) is 22.7 Å². The van der Waals surface area contributed by atoms with Gasteiger partial charge in [-0.1, -0.05) is 18.2 Å². The molecule has 1 heterocycles. The smallest absolute Gasteiger partial charge is 0.255 e. The predicted molar refractivity (Wildman–Crippen MR) is 109 cm³/mol. The Morgan fingerprint density at radius 1 is 1.00 bits per heavy atom. The van der Waals surface area contributed by atoms with Gasteiger partial charge in [-0.25, -0.2) is 0 Å². The lowest BCUT2D eigenvalue weighted by atomic mass is 9.91. The molecule has 152 valence electrons. The van der Waals surface area contributed by atoms with Crippen molar-refractivity contribution in [1.29, 1.82) is 0 Å². The van der Waals surface area contributed by atoms with E-state index in [4.69, 9.17) is 15.2 Å². The number of hydrogen-bond acceptors (Lipinski definition) is 5. The molecule has 0 saturated heterocycles. The molecule has 2 aromatic carbocycles. The van der Waals surface area contributed by atoms with Crippen molar-refractivity contribution in [3.63, 3.8) is 0 Å². The lowest BCUT2D eigenvalue weighted by Gasteiger charge is -2.27. The summed E-state index contributed by atoms with van der Waals surface area (Å²) in [5.74, 6) is 0.868. The van der Waals surface area contributed by atoms with Crippen molar-refractivity contribution in [1.82, 2.24) is 5.32 Å². The molecule has 7 heteroatoms. The minimum Gasteiger partial charge on any atom is -0.454 e. The van der Waals surface area contributed by atoms with Gasteiger partial charge in [0, 0.05) is 23.3 Å². The summed E-state index contributed by atoms with van der Waals surface area (Å²) < 4.78 is 10.6. The molecule has 1 aliphatic carbocycles. The van der Waals surface area contributed by atoms with Crippen LogP contribution in [0.25, 0.3) is 0 Å². The largest absolute Gasteiger partial charge is 0.454 e. The van der Waals surface area contributed by atoms with E-state index in [2.05, 4.69) is 10.6 Å². The van der Waals surface area contributed by atoms with Gasteiger partial charge in [0.15, 0.2) is 11.5 Å². The number of para-hydroxylation sites is 1. The molecule has 0 radical (unpaired) electrons. The van der Waals surface area contributed by atoms with Crippen molar-refractivity contribution < 1.29 is 19.1 Å². The lowest BCUT2D eigenvalue weighted by Crippen LogP contribution is -2.41. The summed E-state index contributed by atoms with van der Waals surface area (Å²) in [7, 11) is 0. The van der Waals surface area contributed by atoms with Gasteiger partial charge in [0.1, 0.15) is 0 Å². The summed E-state index contributed by atoms with van der Waals surface area (Å²) in [6, 6.07) is 12.8. The van der Waals surface area contributed by atoms with E-state index in [0.717, 1.165) is 31.2 Å². The Labute approximate surface area is 169 Å². The topological polar surface area (TPSA) is 103 Å². The fourth-order valence-electron chi connectivity index (χ4n) is 3.74. The van der Waals surface area contributed by atoms with Crippen molar-refractivity contribution in [3.8, 4) is 11.5 Å². The fraction of sp³-hybridized carbons (Fsp3) is 0.364. The maximum atomic E-state index is 12.7. The van der Waals surface area contributed by atoms with Crippen molar-refractivity contribution in [3.05, 3.63) is 53.6 Å². The summed E-state index contributed by atoms with van der Waals surface area (Å²) in [6.45, 7) is 0.158. The van der Waals surface area contributed by atoms with E-state index in [-0.39, 0.29) is 37.1 Å². The highest BCUT2D eigenvalue weighted by atomic mass is 16.7. The van der Waals surface area contributed by atoms with Gasteiger partial charge >= 0.3 is 0 Å². The van der Waals surface area contributed by atoms with Gasteiger partial charge in [0.05, 0.1) is 6.42 Å². The minimum absolute atomic E-state index is 0.0461. The van der Waals surface area contributed by atoms with Crippen LogP contribution in [0, 0.1) is 0 Å². The van der Waals surface area contributed by atoms with Gasteiger partial charge in [-0.05, 0) is 55.5 Å². The molecule has 4 N–H and O–H groups in total. The normalized spacial score (nSPS) is 20.2. The van der Waals surface area contributed by atoms with Crippen LogP contribution in [0.2, 0.25) is 0 Å². The van der Waals surface area contributed by atoms with Crippen LogP contribution in [-0.4, -0.2) is 30.7 Å². The maximum Gasteiger partial charge on any atom is 0.255 e. The molecular weight excluding hydrogens is 370 g/mol.